The zero-order valence-corrected chi connectivity index (χ0v) is 17.6. The van der Waals surface area contributed by atoms with Gasteiger partial charge < -0.3 is 0 Å². The molecule has 6 nitrogen and oxygen atoms in total. The Kier molecular flexibility index (Phi) is 4.45. The molecule has 2 aromatic carbocycles. The van der Waals surface area contributed by atoms with Gasteiger partial charge in [0.05, 0.1) is 16.6 Å². The average molecular weight is 433 g/mol. The minimum absolute atomic E-state index is 0.290. The molecular formula is C22H16N4O2S2. The smallest absolute Gasteiger partial charge is 0.224 e. The highest BCUT2D eigenvalue weighted by molar-refractivity contribution is 7.90. The summed E-state index contributed by atoms with van der Waals surface area (Å²) in [7, 11) is -3.22. The summed E-state index contributed by atoms with van der Waals surface area (Å²) in [5.74, 6) is 0.476. The number of hydrogen-bond acceptors (Lipinski definition) is 6. The molecule has 0 fully saturated rings. The molecule has 5 aromatic rings. The van der Waals surface area contributed by atoms with Crippen LogP contribution in [0.4, 0.5) is 0 Å². The minimum Gasteiger partial charge on any atom is -0.224 e. The molecule has 0 saturated carbocycles. The zero-order chi connectivity index (χ0) is 20.7. The van der Waals surface area contributed by atoms with Crippen molar-refractivity contribution >= 4 is 32.1 Å². The number of sulfone groups is 1. The molecule has 0 radical (unpaired) electrons. The predicted molar refractivity (Wildman–Crippen MR) is 119 cm³/mol. The van der Waals surface area contributed by atoms with E-state index in [1.807, 2.05) is 24.5 Å². The summed E-state index contributed by atoms with van der Waals surface area (Å²) >= 11 is 1.66. The Morgan fingerprint density at radius 2 is 1.77 bits per heavy atom. The molecule has 0 bridgehead atoms. The highest BCUT2D eigenvalue weighted by atomic mass is 32.2. The molecule has 0 spiro atoms. The third-order valence-corrected chi connectivity index (χ3v) is 6.66. The Morgan fingerprint density at radius 3 is 2.50 bits per heavy atom. The largest absolute Gasteiger partial charge is 0.251 e. The Morgan fingerprint density at radius 1 is 0.933 bits per heavy atom. The highest BCUT2D eigenvalue weighted by Crippen LogP contribution is 2.29. The first-order chi connectivity index (χ1) is 14.5. The van der Waals surface area contributed by atoms with Gasteiger partial charge >= 0.3 is 0 Å². The van der Waals surface area contributed by atoms with Gasteiger partial charge in [0.15, 0.2) is 9.84 Å². The molecular weight excluding hydrogens is 416 g/mol. The summed E-state index contributed by atoms with van der Waals surface area (Å²) in [5, 5.41) is 9.54. The number of hydrogen-bond donors (Lipinski definition) is 0. The highest BCUT2D eigenvalue weighted by Gasteiger charge is 2.11. The van der Waals surface area contributed by atoms with Crippen LogP contribution in [0, 0.1) is 0 Å². The van der Waals surface area contributed by atoms with E-state index in [1.165, 1.54) is 6.26 Å². The number of rotatable bonds is 4. The van der Waals surface area contributed by atoms with Crippen molar-refractivity contribution in [3.8, 4) is 28.2 Å². The summed E-state index contributed by atoms with van der Waals surface area (Å²) < 4.78 is 24.9. The fraction of sp³-hybridized carbons (Fsp3) is 0.0455. The van der Waals surface area contributed by atoms with Crippen LogP contribution in [0.2, 0.25) is 0 Å². The molecule has 148 valence electrons. The summed E-state index contributed by atoms with van der Waals surface area (Å²) in [6.07, 6.45) is 6.57. The average Bonchev–Trinajstić information content (AvgIpc) is 3.45. The lowest BCUT2D eigenvalue weighted by Gasteiger charge is -2.06. The topological polar surface area (TPSA) is 77.7 Å². The molecule has 30 heavy (non-hydrogen) atoms. The van der Waals surface area contributed by atoms with Gasteiger partial charge in [-0.25, -0.2) is 23.1 Å². The van der Waals surface area contributed by atoms with E-state index in [0.29, 0.717) is 5.95 Å². The normalized spacial score (nSPS) is 11.8. The van der Waals surface area contributed by atoms with Crippen LogP contribution in [0.15, 0.2) is 82.8 Å². The van der Waals surface area contributed by atoms with Gasteiger partial charge in [0, 0.05) is 29.6 Å². The van der Waals surface area contributed by atoms with Gasteiger partial charge in [-0.15, -0.1) is 0 Å². The molecule has 0 aliphatic rings. The molecule has 8 heteroatoms. The SMILES string of the molecule is CS(=O)(=O)c1ccc(-c2cnn(-c3ncc4c(-c5ccsc5)cccc4n3)c2)cc1. The maximum Gasteiger partial charge on any atom is 0.251 e. The number of fused-ring (bicyclic) bond motifs is 1. The number of nitrogens with zero attached hydrogens (tertiary/aromatic N) is 4. The lowest BCUT2D eigenvalue weighted by atomic mass is 10.0. The van der Waals surface area contributed by atoms with Crippen LogP contribution in [-0.4, -0.2) is 34.4 Å². The van der Waals surface area contributed by atoms with Crippen molar-refractivity contribution in [1.29, 1.82) is 0 Å². The molecule has 3 heterocycles. The van der Waals surface area contributed by atoms with Crippen molar-refractivity contribution < 1.29 is 8.42 Å². The zero-order valence-electron chi connectivity index (χ0n) is 15.9. The van der Waals surface area contributed by atoms with Crippen LogP contribution < -0.4 is 0 Å². The molecule has 0 N–H and O–H groups in total. The quantitative estimate of drug-likeness (QED) is 0.414. The van der Waals surface area contributed by atoms with Gasteiger partial charge in [-0.05, 0) is 51.7 Å². The Balaban J connectivity index is 1.50. The van der Waals surface area contributed by atoms with Gasteiger partial charge in [0.1, 0.15) is 0 Å². The van der Waals surface area contributed by atoms with Crippen molar-refractivity contribution in [3.63, 3.8) is 0 Å². The van der Waals surface area contributed by atoms with E-state index in [4.69, 9.17) is 0 Å². The third-order valence-electron chi connectivity index (χ3n) is 4.85. The van der Waals surface area contributed by atoms with E-state index >= 15 is 0 Å². The Bertz CT molecular complexity index is 1460. The standard InChI is InChI=1S/C22H16N4O2S2/c1-30(27,28)18-7-5-15(6-8-18)17-11-24-26(13-17)22-23-12-20-19(16-9-10-29-14-16)3-2-4-21(20)25-22/h2-14H,1H3. The summed E-state index contributed by atoms with van der Waals surface area (Å²) in [4.78, 5) is 9.49. The van der Waals surface area contributed by atoms with Crippen LogP contribution in [0.5, 0.6) is 0 Å². The maximum atomic E-state index is 11.6. The molecule has 0 aliphatic heterocycles. The fourth-order valence-electron chi connectivity index (χ4n) is 3.30. The molecule has 5 rings (SSSR count). The van der Waals surface area contributed by atoms with Gasteiger partial charge in [-0.1, -0.05) is 24.3 Å². The molecule has 0 amide bonds. The minimum atomic E-state index is -3.22. The number of thiophene rings is 1. The molecule has 0 unspecified atom stereocenters. The number of benzene rings is 2. The first-order valence-corrected chi connectivity index (χ1v) is 12.0. The maximum absolute atomic E-state index is 11.6. The first kappa shape index (κ1) is 18.7. The third kappa shape index (κ3) is 3.40. The second kappa shape index (κ2) is 7.16. The predicted octanol–water partition coefficient (Wildman–Crippen LogP) is 4.61. The number of aromatic nitrogens is 4. The van der Waals surface area contributed by atoms with Gasteiger partial charge in [-0.2, -0.15) is 16.4 Å². The van der Waals surface area contributed by atoms with Gasteiger partial charge in [-0.3, -0.25) is 0 Å². The summed E-state index contributed by atoms with van der Waals surface area (Å²) in [6, 6.07) is 14.8. The molecule has 0 saturated heterocycles. The van der Waals surface area contributed by atoms with E-state index in [-0.39, 0.29) is 4.90 Å². The van der Waals surface area contributed by atoms with Crippen LogP contribution in [-0.2, 0) is 9.84 Å². The lowest BCUT2D eigenvalue weighted by molar-refractivity contribution is 0.602. The lowest BCUT2D eigenvalue weighted by Crippen LogP contribution is -2.01. The first-order valence-electron chi connectivity index (χ1n) is 9.13. The summed E-state index contributed by atoms with van der Waals surface area (Å²) in [6.45, 7) is 0. The Labute approximate surface area is 177 Å². The van der Waals surface area contributed by atoms with Crippen LogP contribution >= 0.6 is 11.3 Å². The molecule has 0 atom stereocenters. The van der Waals surface area contributed by atoms with Crippen LogP contribution in [0.1, 0.15) is 0 Å². The van der Waals surface area contributed by atoms with E-state index in [2.05, 4.69) is 38.0 Å². The van der Waals surface area contributed by atoms with Crippen LogP contribution in [0.25, 0.3) is 39.1 Å². The van der Waals surface area contributed by atoms with E-state index in [0.717, 1.165) is 33.2 Å². The second-order valence-corrected chi connectivity index (χ2v) is 9.69. The van der Waals surface area contributed by atoms with Crippen molar-refractivity contribution in [3.05, 3.63) is 77.9 Å². The van der Waals surface area contributed by atoms with E-state index < -0.39 is 9.84 Å². The molecule has 0 aliphatic carbocycles. The van der Waals surface area contributed by atoms with E-state index in [9.17, 15) is 8.42 Å². The van der Waals surface area contributed by atoms with Crippen molar-refractivity contribution in [2.75, 3.05) is 6.26 Å². The van der Waals surface area contributed by atoms with Crippen molar-refractivity contribution in [2.24, 2.45) is 0 Å². The van der Waals surface area contributed by atoms with Crippen molar-refractivity contribution in [2.45, 2.75) is 4.90 Å². The van der Waals surface area contributed by atoms with Gasteiger partial charge in [0.2, 0.25) is 0 Å². The molecule has 3 aromatic heterocycles. The van der Waals surface area contributed by atoms with Crippen LogP contribution in [0.3, 0.4) is 0 Å². The van der Waals surface area contributed by atoms with Crippen molar-refractivity contribution in [1.82, 2.24) is 19.7 Å². The fourth-order valence-corrected chi connectivity index (χ4v) is 4.59. The van der Waals surface area contributed by atoms with Gasteiger partial charge in [0.25, 0.3) is 5.95 Å². The monoisotopic (exact) mass is 432 g/mol. The Hall–Kier alpha value is -3.36. The second-order valence-electron chi connectivity index (χ2n) is 6.89. The van der Waals surface area contributed by atoms with E-state index in [1.54, 1.807) is 46.5 Å². The summed E-state index contributed by atoms with van der Waals surface area (Å²) in [5.41, 5.74) is 4.83.